The first-order valence-corrected chi connectivity index (χ1v) is 9.35. The molecule has 1 amide bonds. The van der Waals surface area contributed by atoms with Crippen LogP contribution in [-0.4, -0.2) is 33.2 Å². The summed E-state index contributed by atoms with van der Waals surface area (Å²) >= 11 is 6.28. The van der Waals surface area contributed by atoms with Crippen LogP contribution in [0.3, 0.4) is 0 Å². The van der Waals surface area contributed by atoms with Crippen LogP contribution in [0.4, 0.5) is 4.39 Å². The summed E-state index contributed by atoms with van der Waals surface area (Å²) in [7, 11) is 0. The van der Waals surface area contributed by atoms with Gasteiger partial charge < -0.3 is 4.90 Å². The highest BCUT2D eigenvalue weighted by atomic mass is 35.5. The van der Waals surface area contributed by atoms with Gasteiger partial charge in [0, 0.05) is 23.8 Å². The number of aromatic nitrogens is 2. The van der Waals surface area contributed by atoms with E-state index < -0.39 is 0 Å². The Morgan fingerprint density at radius 1 is 1.19 bits per heavy atom. The highest BCUT2D eigenvalue weighted by molar-refractivity contribution is 6.31. The Hall–Kier alpha value is -2.66. The second kappa shape index (κ2) is 7.53. The van der Waals surface area contributed by atoms with Crippen molar-refractivity contribution in [1.29, 1.82) is 0 Å². The van der Waals surface area contributed by atoms with Gasteiger partial charge in [-0.15, -0.1) is 0 Å². The van der Waals surface area contributed by atoms with Gasteiger partial charge in [0.2, 0.25) is 0 Å². The van der Waals surface area contributed by atoms with Gasteiger partial charge in [-0.1, -0.05) is 41.9 Å². The molecule has 6 heteroatoms. The molecule has 1 fully saturated rings. The second-order valence-corrected chi connectivity index (χ2v) is 7.12. The number of hydrogen-bond donors (Lipinski definition) is 0. The van der Waals surface area contributed by atoms with Crippen LogP contribution in [0.1, 0.15) is 28.8 Å². The van der Waals surface area contributed by atoms with E-state index in [0.29, 0.717) is 17.8 Å². The fourth-order valence-electron chi connectivity index (χ4n) is 3.60. The van der Waals surface area contributed by atoms with Crippen molar-refractivity contribution >= 4 is 17.5 Å². The number of benzene rings is 2. The number of carbonyl (C=O) groups is 1. The molecule has 1 aromatic heterocycles. The number of carbonyl (C=O) groups excluding carboxylic acids is 1. The summed E-state index contributed by atoms with van der Waals surface area (Å²) in [4.78, 5) is 14.9. The van der Waals surface area contributed by atoms with Crippen LogP contribution in [0.5, 0.6) is 0 Å². The van der Waals surface area contributed by atoms with Crippen LogP contribution >= 0.6 is 11.6 Å². The highest BCUT2D eigenvalue weighted by Gasteiger charge is 2.30. The predicted octanol–water partition coefficient (Wildman–Crippen LogP) is 4.51. The Morgan fingerprint density at radius 2 is 1.96 bits per heavy atom. The maximum atomic E-state index is 14.0. The minimum absolute atomic E-state index is 0.0767. The van der Waals surface area contributed by atoms with E-state index in [1.807, 2.05) is 29.2 Å². The standard InChI is InChI=1S/C21H19ClFN3O/c22-18-8-2-1-6-15(18)12-17-7-5-11-25(17)21(27)16-13-24-26(14-16)20-10-4-3-9-19(20)23/h1-4,6,8-10,13-14,17H,5,7,11-12H2. The first-order valence-electron chi connectivity index (χ1n) is 8.97. The molecule has 1 aliphatic heterocycles. The van der Waals surface area contributed by atoms with Crippen molar-refractivity contribution in [2.75, 3.05) is 6.54 Å². The molecule has 27 heavy (non-hydrogen) atoms. The Balaban J connectivity index is 1.54. The second-order valence-electron chi connectivity index (χ2n) is 6.72. The van der Waals surface area contributed by atoms with Crippen molar-refractivity contribution in [1.82, 2.24) is 14.7 Å². The minimum Gasteiger partial charge on any atom is -0.335 e. The molecule has 1 atom stereocenters. The first kappa shape index (κ1) is 17.7. The fourth-order valence-corrected chi connectivity index (χ4v) is 3.81. The average molecular weight is 384 g/mol. The molecule has 0 spiro atoms. The largest absolute Gasteiger partial charge is 0.335 e. The summed E-state index contributed by atoms with van der Waals surface area (Å²) in [5.41, 5.74) is 1.83. The van der Waals surface area contributed by atoms with Crippen molar-refractivity contribution in [3.63, 3.8) is 0 Å². The highest BCUT2D eigenvalue weighted by Crippen LogP contribution is 2.26. The van der Waals surface area contributed by atoms with E-state index in [1.165, 1.54) is 16.9 Å². The monoisotopic (exact) mass is 383 g/mol. The van der Waals surface area contributed by atoms with Gasteiger partial charge in [0.25, 0.3) is 5.91 Å². The van der Waals surface area contributed by atoms with Gasteiger partial charge in [-0.3, -0.25) is 4.79 Å². The molecular weight excluding hydrogens is 365 g/mol. The molecule has 2 heterocycles. The van der Waals surface area contributed by atoms with Gasteiger partial charge in [0.05, 0.1) is 11.8 Å². The SMILES string of the molecule is O=C(c1cnn(-c2ccccc2F)c1)N1CCCC1Cc1ccccc1Cl. The summed E-state index contributed by atoms with van der Waals surface area (Å²) < 4.78 is 15.4. The van der Waals surface area contributed by atoms with E-state index >= 15 is 0 Å². The normalized spacial score (nSPS) is 16.7. The summed E-state index contributed by atoms with van der Waals surface area (Å²) in [5, 5.41) is 4.90. The molecule has 2 aromatic carbocycles. The molecule has 4 nitrogen and oxygen atoms in total. The zero-order chi connectivity index (χ0) is 18.8. The van der Waals surface area contributed by atoms with E-state index in [-0.39, 0.29) is 17.8 Å². The van der Waals surface area contributed by atoms with Crippen LogP contribution in [0.15, 0.2) is 60.9 Å². The van der Waals surface area contributed by atoms with Crippen molar-refractivity contribution in [3.8, 4) is 5.69 Å². The lowest BCUT2D eigenvalue weighted by Crippen LogP contribution is -2.36. The van der Waals surface area contributed by atoms with Gasteiger partial charge in [0.15, 0.2) is 0 Å². The lowest BCUT2D eigenvalue weighted by atomic mass is 10.0. The Kier molecular flexibility index (Phi) is 4.94. The van der Waals surface area contributed by atoms with Gasteiger partial charge >= 0.3 is 0 Å². The number of likely N-dealkylation sites (tertiary alicyclic amines) is 1. The molecule has 0 bridgehead atoms. The Morgan fingerprint density at radius 3 is 2.78 bits per heavy atom. The summed E-state index contributed by atoms with van der Waals surface area (Å²) in [6, 6.07) is 14.2. The van der Waals surface area contributed by atoms with Crippen LogP contribution in [0, 0.1) is 5.82 Å². The molecule has 0 saturated carbocycles. The van der Waals surface area contributed by atoms with Gasteiger partial charge in [-0.25, -0.2) is 9.07 Å². The minimum atomic E-state index is -0.377. The van der Waals surface area contributed by atoms with Crippen LogP contribution in [0.2, 0.25) is 5.02 Å². The summed E-state index contributed by atoms with van der Waals surface area (Å²) in [6.45, 7) is 0.707. The number of halogens is 2. The topological polar surface area (TPSA) is 38.1 Å². The maximum Gasteiger partial charge on any atom is 0.257 e. The third-order valence-electron chi connectivity index (χ3n) is 4.98. The van der Waals surface area contributed by atoms with E-state index in [4.69, 9.17) is 11.6 Å². The number of rotatable bonds is 4. The Labute approximate surface area is 162 Å². The number of para-hydroxylation sites is 1. The summed E-state index contributed by atoms with van der Waals surface area (Å²) in [6.07, 6.45) is 5.72. The zero-order valence-corrected chi connectivity index (χ0v) is 15.4. The van der Waals surface area contributed by atoms with Gasteiger partial charge in [-0.05, 0) is 43.0 Å². The molecular formula is C21H19ClFN3O. The van der Waals surface area contributed by atoms with E-state index in [0.717, 1.165) is 29.8 Å². The number of nitrogens with zero attached hydrogens (tertiary/aromatic N) is 3. The van der Waals surface area contributed by atoms with Crippen molar-refractivity contribution in [2.45, 2.75) is 25.3 Å². The average Bonchev–Trinajstić information content (AvgIpc) is 3.33. The molecule has 1 aliphatic rings. The smallest absolute Gasteiger partial charge is 0.257 e. The predicted molar refractivity (Wildman–Crippen MR) is 103 cm³/mol. The molecule has 1 saturated heterocycles. The van der Waals surface area contributed by atoms with Gasteiger partial charge in [-0.2, -0.15) is 5.10 Å². The summed E-state index contributed by atoms with van der Waals surface area (Å²) in [5.74, 6) is -0.454. The van der Waals surface area contributed by atoms with Crippen molar-refractivity contribution < 1.29 is 9.18 Å². The number of hydrogen-bond acceptors (Lipinski definition) is 2. The van der Waals surface area contributed by atoms with E-state index in [9.17, 15) is 9.18 Å². The van der Waals surface area contributed by atoms with Crippen LogP contribution in [0.25, 0.3) is 5.69 Å². The molecule has 138 valence electrons. The van der Waals surface area contributed by atoms with Crippen LogP contribution in [-0.2, 0) is 6.42 Å². The molecule has 4 rings (SSSR count). The molecule has 1 unspecified atom stereocenters. The molecule has 0 N–H and O–H groups in total. The van der Waals surface area contributed by atoms with Crippen LogP contribution < -0.4 is 0 Å². The lowest BCUT2D eigenvalue weighted by Gasteiger charge is -2.24. The molecule has 0 aliphatic carbocycles. The molecule has 3 aromatic rings. The Bertz CT molecular complexity index is 971. The lowest BCUT2D eigenvalue weighted by molar-refractivity contribution is 0.0736. The van der Waals surface area contributed by atoms with Crippen molar-refractivity contribution in [2.24, 2.45) is 0 Å². The third-order valence-corrected chi connectivity index (χ3v) is 5.35. The molecule has 0 radical (unpaired) electrons. The maximum absolute atomic E-state index is 14.0. The van der Waals surface area contributed by atoms with E-state index in [2.05, 4.69) is 5.10 Å². The van der Waals surface area contributed by atoms with E-state index in [1.54, 1.807) is 24.4 Å². The quantitative estimate of drug-likeness (QED) is 0.664. The fraction of sp³-hybridized carbons (Fsp3) is 0.238. The van der Waals surface area contributed by atoms with Crippen molar-refractivity contribution in [3.05, 3.63) is 82.9 Å². The zero-order valence-electron chi connectivity index (χ0n) is 14.7. The third kappa shape index (κ3) is 3.60. The number of amides is 1. The first-order chi connectivity index (χ1) is 13.1. The van der Waals surface area contributed by atoms with Gasteiger partial charge in [0.1, 0.15) is 11.5 Å².